The molecule has 0 aliphatic carbocycles. The number of phenols is 1. The summed E-state index contributed by atoms with van der Waals surface area (Å²) in [4.78, 5) is 14.5. The standard InChI is InChI=1S/C23H22N4O6/c1-32-13-2-4-17-15(10-13)18(25-24-17)11-20-21(29)14-3-5-19(28)16(22(14)33-20)12-26-6-8-27(9-7-26)23(30)31/h2-5,10-11,28-29H,6-9,12H2,1H3,(H,30,31). The summed E-state index contributed by atoms with van der Waals surface area (Å²) in [5, 5.41) is 39.3. The number of carbonyl (C=O) groups is 1. The van der Waals surface area contributed by atoms with E-state index in [1.54, 1.807) is 31.4 Å². The number of nitrogens with zero attached hydrogens (tertiary/aromatic N) is 4. The summed E-state index contributed by atoms with van der Waals surface area (Å²) >= 11 is 0. The number of furan rings is 1. The average molecular weight is 450 g/mol. The molecule has 0 atom stereocenters. The van der Waals surface area contributed by atoms with E-state index in [0.717, 1.165) is 5.56 Å². The van der Waals surface area contributed by atoms with Crippen molar-refractivity contribution in [2.24, 2.45) is 10.2 Å². The fourth-order valence-electron chi connectivity index (χ4n) is 4.11. The average Bonchev–Trinajstić information content (AvgIpc) is 3.36. The Morgan fingerprint density at radius 3 is 2.67 bits per heavy atom. The molecule has 0 unspecified atom stereocenters. The van der Waals surface area contributed by atoms with Crippen LogP contribution in [-0.2, 0) is 6.54 Å². The molecule has 3 aromatic rings. The number of aromatic hydroxyl groups is 2. The van der Waals surface area contributed by atoms with E-state index in [-0.39, 0.29) is 17.3 Å². The third-order valence-corrected chi connectivity index (χ3v) is 5.97. The van der Waals surface area contributed by atoms with E-state index in [4.69, 9.17) is 14.3 Å². The molecule has 1 amide bonds. The number of azo groups is 1. The van der Waals surface area contributed by atoms with Crippen LogP contribution in [0.5, 0.6) is 17.2 Å². The van der Waals surface area contributed by atoms with Crippen LogP contribution in [0.25, 0.3) is 22.7 Å². The molecule has 0 bridgehead atoms. The maximum absolute atomic E-state index is 11.1. The number of rotatable bonds is 4. The topological polar surface area (TPSA) is 131 Å². The first-order chi connectivity index (χ1) is 15.9. The zero-order valence-corrected chi connectivity index (χ0v) is 17.9. The molecular formula is C23H22N4O6. The molecule has 10 heteroatoms. The Bertz CT molecular complexity index is 1300. The number of hydrogen-bond acceptors (Lipinski definition) is 8. The SMILES string of the molecule is COc1ccc2c(c1)C(=Cc1oc3c(CN4CCN(C(=O)O)CC4)c(O)ccc3c1O)N=N2. The van der Waals surface area contributed by atoms with Crippen molar-refractivity contribution in [2.45, 2.75) is 6.54 Å². The molecule has 3 N–H and O–H groups in total. The van der Waals surface area contributed by atoms with Crippen molar-refractivity contribution in [2.75, 3.05) is 33.3 Å². The molecule has 10 nitrogen and oxygen atoms in total. The molecule has 2 aromatic carbocycles. The summed E-state index contributed by atoms with van der Waals surface area (Å²) in [6, 6.07) is 8.54. The molecule has 1 aromatic heterocycles. The van der Waals surface area contributed by atoms with E-state index in [9.17, 15) is 15.0 Å². The van der Waals surface area contributed by atoms with Crippen LogP contribution in [0, 0.1) is 0 Å². The lowest BCUT2D eigenvalue weighted by atomic mass is 10.1. The minimum atomic E-state index is -0.934. The van der Waals surface area contributed by atoms with Gasteiger partial charge in [-0.15, -0.1) is 10.2 Å². The molecular weight excluding hydrogens is 428 g/mol. The van der Waals surface area contributed by atoms with Crippen LogP contribution in [0.15, 0.2) is 45.0 Å². The summed E-state index contributed by atoms with van der Waals surface area (Å²) in [7, 11) is 1.58. The zero-order valence-electron chi connectivity index (χ0n) is 17.9. The van der Waals surface area contributed by atoms with Gasteiger partial charge >= 0.3 is 6.09 Å². The lowest BCUT2D eigenvalue weighted by molar-refractivity contribution is 0.102. The van der Waals surface area contributed by atoms with Gasteiger partial charge in [0.2, 0.25) is 0 Å². The first-order valence-electron chi connectivity index (χ1n) is 10.4. The molecule has 1 fully saturated rings. The van der Waals surface area contributed by atoms with Gasteiger partial charge in [-0.25, -0.2) is 4.79 Å². The number of piperazine rings is 1. The highest BCUT2D eigenvalue weighted by atomic mass is 16.5. The fourth-order valence-corrected chi connectivity index (χ4v) is 4.11. The van der Waals surface area contributed by atoms with E-state index in [1.807, 2.05) is 11.0 Å². The highest BCUT2D eigenvalue weighted by Crippen LogP contribution is 2.42. The van der Waals surface area contributed by atoms with Crippen LogP contribution in [0.2, 0.25) is 0 Å². The molecule has 0 saturated carbocycles. The van der Waals surface area contributed by atoms with Crippen molar-refractivity contribution in [3.8, 4) is 17.2 Å². The minimum Gasteiger partial charge on any atom is -0.507 e. The Morgan fingerprint density at radius 1 is 1.15 bits per heavy atom. The van der Waals surface area contributed by atoms with Gasteiger partial charge in [0.15, 0.2) is 11.5 Å². The Balaban J connectivity index is 1.48. The van der Waals surface area contributed by atoms with Gasteiger partial charge in [-0.3, -0.25) is 4.90 Å². The highest BCUT2D eigenvalue weighted by molar-refractivity contribution is 5.95. The third kappa shape index (κ3) is 3.74. The fraction of sp³-hybridized carbons (Fsp3) is 0.261. The summed E-state index contributed by atoms with van der Waals surface area (Å²) in [5.41, 5.74) is 2.88. The summed E-state index contributed by atoms with van der Waals surface area (Å²) in [6.07, 6.45) is 0.674. The van der Waals surface area contributed by atoms with Crippen molar-refractivity contribution in [1.29, 1.82) is 0 Å². The van der Waals surface area contributed by atoms with Crippen LogP contribution in [-0.4, -0.2) is 64.5 Å². The molecule has 5 rings (SSSR count). The molecule has 2 aliphatic rings. The normalized spacial score (nSPS) is 17.1. The van der Waals surface area contributed by atoms with Crippen molar-refractivity contribution in [1.82, 2.24) is 9.80 Å². The first kappa shape index (κ1) is 20.8. The van der Waals surface area contributed by atoms with E-state index in [1.165, 1.54) is 11.0 Å². The van der Waals surface area contributed by atoms with Gasteiger partial charge in [0.25, 0.3) is 0 Å². The number of hydrogen-bond donors (Lipinski definition) is 3. The van der Waals surface area contributed by atoms with Gasteiger partial charge in [0.05, 0.1) is 29.4 Å². The van der Waals surface area contributed by atoms with Crippen molar-refractivity contribution in [3.05, 3.63) is 47.2 Å². The van der Waals surface area contributed by atoms with Crippen molar-refractivity contribution < 1.29 is 29.3 Å². The van der Waals surface area contributed by atoms with Crippen LogP contribution >= 0.6 is 0 Å². The van der Waals surface area contributed by atoms with Gasteiger partial charge in [-0.1, -0.05) is 0 Å². The quantitative estimate of drug-likeness (QED) is 0.542. The monoisotopic (exact) mass is 450 g/mol. The number of phenolic OH excluding ortho intramolecular Hbond substituents is 1. The van der Waals surface area contributed by atoms with Crippen LogP contribution < -0.4 is 4.74 Å². The van der Waals surface area contributed by atoms with Crippen molar-refractivity contribution >= 4 is 34.5 Å². The van der Waals surface area contributed by atoms with E-state index >= 15 is 0 Å². The van der Waals surface area contributed by atoms with Gasteiger partial charge < -0.3 is 29.4 Å². The van der Waals surface area contributed by atoms with Crippen LogP contribution in [0.4, 0.5) is 10.5 Å². The van der Waals surface area contributed by atoms with E-state index < -0.39 is 6.09 Å². The van der Waals surface area contributed by atoms with Gasteiger partial charge in [-0.05, 0) is 30.3 Å². The van der Waals surface area contributed by atoms with Gasteiger partial charge in [-0.2, -0.15) is 0 Å². The number of amides is 1. The largest absolute Gasteiger partial charge is 0.507 e. The van der Waals surface area contributed by atoms with Crippen LogP contribution in [0.3, 0.4) is 0 Å². The molecule has 0 spiro atoms. The Labute approximate surface area is 188 Å². The summed E-state index contributed by atoms with van der Waals surface area (Å²) in [5.74, 6) is 0.862. The second kappa shape index (κ2) is 8.14. The maximum Gasteiger partial charge on any atom is 0.407 e. The Hall–Kier alpha value is -4.05. The lowest BCUT2D eigenvalue weighted by Crippen LogP contribution is -2.47. The molecule has 170 valence electrons. The Kier molecular flexibility index (Phi) is 5.14. The molecule has 33 heavy (non-hydrogen) atoms. The third-order valence-electron chi connectivity index (χ3n) is 5.97. The summed E-state index contributed by atoms with van der Waals surface area (Å²) < 4.78 is 11.3. The lowest BCUT2D eigenvalue weighted by Gasteiger charge is -2.33. The number of benzene rings is 2. The predicted molar refractivity (Wildman–Crippen MR) is 120 cm³/mol. The molecule has 2 aliphatic heterocycles. The molecule has 0 radical (unpaired) electrons. The summed E-state index contributed by atoms with van der Waals surface area (Å²) in [6.45, 7) is 2.20. The van der Waals surface area contributed by atoms with Gasteiger partial charge in [0.1, 0.15) is 17.1 Å². The molecule has 3 heterocycles. The van der Waals surface area contributed by atoms with Crippen molar-refractivity contribution in [3.63, 3.8) is 0 Å². The van der Waals surface area contributed by atoms with E-state index in [0.29, 0.717) is 66.4 Å². The van der Waals surface area contributed by atoms with Gasteiger partial charge in [0, 0.05) is 44.4 Å². The number of fused-ring (bicyclic) bond motifs is 2. The molecule has 1 saturated heterocycles. The smallest absolute Gasteiger partial charge is 0.407 e. The highest BCUT2D eigenvalue weighted by Gasteiger charge is 2.25. The number of ether oxygens (including phenoxy) is 1. The number of carboxylic acid groups (broad SMARTS) is 1. The minimum absolute atomic E-state index is 0.0479. The second-order valence-electron chi connectivity index (χ2n) is 7.91. The maximum atomic E-state index is 11.1. The van der Waals surface area contributed by atoms with E-state index in [2.05, 4.69) is 10.2 Å². The Morgan fingerprint density at radius 2 is 1.94 bits per heavy atom. The number of methoxy groups -OCH3 is 1. The zero-order chi connectivity index (χ0) is 23.1. The first-order valence-corrected chi connectivity index (χ1v) is 10.4. The van der Waals surface area contributed by atoms with Crippen LogP contribution in [0.1, 0.15) is 16.9 Å². The predicted octanol–water partition coefficient (Wildman–Crippen LogP) is 4.24. The second-order valence-corrected chi connectivity index (χ2v) is 7.91.